The van der Waals surface area contributed by atoms with Gasteiger partial charge in [0.2, 0.25) is 11.8 Å². The molecule has 3 amide bonds. The Hall–Kier alpha value is -3.49. The number of hydrogen-bond acceptors (Lipinski definition) is 5. The third-order valence-corrected chi connectivity index (χ3v) is 8.52. The molecule has 8 heteroatoms. The van der Waals surface area contributed by atoms with E-state index in [1.165, 1.54) is 4.90 Å². The lowest BCUT2D eigenvalue weighted by Gasteiger charge is -2.37. The number of ether oxygens (including phenoxy) is 1. The van der Waals surface area contributed by atoms with Crippen molar-refractivity contribution in [1.29, 1.82) is 0 Å². The van der Waals surface area contributed by atoms with Gasteiger partial charge < -0.3 is 24.5 Å². The first-order valence-electron chi connectivity index (χ1n) is 13.4. The lowest BCUT2D eigenvalue weighted by molar-refractivity contribution is -0.148. The van der Waals surface area contributed by atoms with Crippen molar-refractivity contribution in [3.8, 4) is 0 Å². The van der Waals surface area contributed by atoms with E-state index in [9.17, 15) is 19.5 Å². The van der Waals surface area contributed by atoms with E-state index in [1.54, 1.807) is 9.80 Å². The average molecular weight is 516 g/mol. The van der Waals surface area contributed by atoms with Crippen LogP contribution in [0.1, 0.15) is 20.3 Å². The fourth-order valence-corrected chi connectivity index (χ4v) is 6.97. The minimum atomic E-state index is -1.32. The van der Waals surface area contributed by atoms with Crippen molar-refractivity contribution in [3.05, 3.63) is 66.8 Å². The topological polar surface area (TPSA) is 90.4 Å². The molecule has 4 heterocycles. The molecule has 2 fully saturated rings. The molecule has 0 radical (unpaired) electrons. The predicted octanol–water partition coefficient (Wildman–Crippen LogP) is 2.51. The van der Waals surface area contributed by atoms with E-state index < -0.39 is 29.1 Å². The van der Waals surface area contributed by atoms with Crippen molar-refractivity contribution in [2.45, 2.75) is 37.5 Å². The Balaban J connectivity index is 1.46. The average Bonchev–Trinajstić information content (AvgIpc) is 3.17. The molecule has 2 saturated heterocycles. The van der Waals surface area contributed by atoms with Crippen LogP contribution < -0.4 is 4.90 Å². The van der Waals surface area contributed by atoms with Crippen molar-refractivity contribution in [3.63, 3.8) is 0 Å². The number of aliphatic hydroxyl groups is 1. The number of hydrogen-bond donors (Lipinski definition) is 1. The number of benzene rings is 2. The molecule has 8 nitrogen and oxygen atoms in total. The standard InChI is InChI=1S/C30H33N3O5/c1-3-14-31-15-6-12-29(2)23(26(31)35)24-27(36)33(17-18-34)25-28(37)32(16-7-13-30(24,25)38-29)22-11-10-20-8-4-5-9-21(20)19-22/h4-13,19,23-25,34H,3,14-18H2,1-2H3/t23-,24+,25?,29+,30+/m1/s1. The van der Waals surface area contributed by atoms with Crippen LogP contribution in [0.15, 0.2) is 66.8 Å². The maximum absolute atomic E-state index is 14.4. The van der Waals surface area contributed by atoms with Gasteiger partial charge in [0.25, 0.3) is 5.91 Å². The molecule has 2 aromatic rings. The second kappa shape index (κ2) is 9.06. The molecule has 0 aromatic heterocycles. The van der Waals surface area contributed by atoms with E-state index in [1.807, 2.05) is 80.6 Å². The molecule has 1 N–H and O–H groups in total. The Kier molecular flexibility index (Phi) is 5.92. The molecule has 1 unspecified atom stereocenters. The Morgan fingerprint density at radius 2 is 1.68 bits per heavy atom. The van der Waals surface area contributed by atoms with Gasteiger partial charge in [-0.2, -0.15) is 0 Å². The molecule has 1 spiro atoms. The Morgan fingerprint density at radius 1 is 0.921 bits per heavy atom. The van der Waals surface area contributed by atoms with Crippen LogP contribution >= 0.6 is 0 Å². The summed E-state index contributed by atoms with van der Waals surface area (Å²) < 4.78 is 6.78. The summed E-state index contributed by atoms with van der Waals surface area (Å²) in [5.41, 5.74) is -1.63. The number of rotatable bonds is 5. The third-order valence-electron chi connectivity index (χ3n) is 8.52. The summed E-state index contributed by atoms with van der Waals surface area (Å²) >= 11 is 0. The Labute approximate surface area is 222 Å². The molecular formula is C30H33N3O5. The van der Waals surface area contributed by atoms with Gasteiger partial charge in [-0.1, -0.05) is 61.6 Å². The monoisotopic (exact) mass is 515 g/mol. The highest BCUT2D eigenvalue weighted by atomic mass is 16.5. The molecule has 6 rings (SSSR count). The van der Waals surface area contributed by atoms with Crippen molar-refractivity contribution in [1.82, 2.24) is 9.80 Å². The van der Waals surface area contributed by atoms with Crippen LogP contribution in [0.3, 0.4) is 0 Å². The summed E-state index contributed by atoms with van der Waals surface area (Å²) in [4.78, 5) is 47.2. The van der Waals surface area contributed by atoms with Gasteiger partial charge in [-0.3, -0.25) is 14.4 Å². The second-order valence-electron chi connectivity index (χ2n) is 10.8. The van der Waals surface area contributed by atoms with Crippen LogP contribution in [0.4, 0.5) is 5.69 Å². The van der Waals surface area contributed by atoms with Crippen LogP contribution in [0.25, 0.3) is 10.8 Å². The zero-order valence-electron chi connectivity index (χ0n) is 21.7. The van der Waals surface area contributed by atoms with Gasteiger partial charge in [0.1, 0.15) is 11.6 Å². The van der Waals surface area contributed by atoms with Gasteiger partial charge in [0, 0.05) is 31.9 Å². The van der Waals surface area contributed by atoms with Crippen molar-refractivity contribution >= 4 is 34.2 Å². The van der Waals surface area contributed by atoms with Crippen LogP contribution in [0.5, 0.6) is 0 Å². The van der Waals surface area contributed by atoms with E-state index in [0.717, 1.165) is 22.9 Å². The number of likely N-dealkylation sites (tertiary alicyclic amines) is 1. The molecule has 0 bridgehead atoms. The predicted molar refractivity (Wildman–Crippen MR) is 143 cm³/mol. The van der Waals surface area contributed by atoms with E-state index >= 15 is 0 Å². The molecule has 38 heavy (non-hydrogen) atoms. The number of anilines is 1. The summed E-state index contributed by atoms with van der Waals surface area (Å²) in [6.45, 7) is 4.90. The number of fused-ring (bicyclic) bond motifs is 3. The van der Waals surface area contributed by atoms with Crippen LogP contribution in [0, 0.1) is 11.8 Å². The number of carbonyl (C=O) groups excluding carboxylic acids is 3. The van der Waals surface area contributed by atoms with E-state index in [-0.39, 0.29) is 30.9 Å². The number of aliphatic hydroxyl groups excluding tert-OH is 1. The number of β-amino-alcohol motifs (C(OH)–C–C–N with tert-alkyl or cyclic N) is 1. The van der Waals surface area contributed by atoms with Gasteiger partial charge in [0.05, 0.1) is 24.0 Å². The molecular weight excluding hydrogens is 482 g/mol. The zero-order valence-corrected chi connectivity index (χ0v) is 21.7. The van der Waals surface area contributed by atoms with Crippen molar-refractivity contribution in [2.24, 2.45) is 11.8 Å². The van der Waals surface area contributed by atoms with E-state index in [0.29, 0.717) is 19.6 Å². The normalized spacial score (nSPS) is 32.4. The summed E-state index contributed by atoms with van der Waals surface area (Å²) in [5.74, 6) is -2.37. The molecule has 2 aromatic carbocycles. The molecule has 5 atom stereocenters. The van der Waals surface area contributed by atoms with E-state index in [4.69, 9.17) is 4.74 Å². The fraction of sp³-hybridized carbons (Fsp3) is 0.433. The molecule has 0 saturated carbocycles. The lowest BCUT2D eigenvalue weighted by atomic mass is 9.74. The summed E-state index contributed by atoms with van der Waals surface area (Å²) in [6.07, 6.45) is 8.33. The van der Waals surface area contributed by atoms with Crippen LogP contribution in [0.2, 0.25) is 0 Å². The molecule has 198 valence electrons. The van der Waals surface area contributed by atoms with Gasteiger partial charge in [-0.25, -0.2) is 0 Å². The first-order valence-corrected chi connectivity index (χ1v) is 13.4. The first-order chi connectivity index (χ1) is 18.3. The number of carbonyl (C=O) groups is 3. The highest BCUT2D eigenvalue weighted by molar-refractivity contribution is 6.06. The summed E-state index contributed by atoms with van der Waals surface area (Å²) in [5, 5.41) is 12.0. The van der Waals surface area contributed by atoms with Gasteiger partial charge in [-0.05, 0) is 36.2 Å². The second-order valence-corrected chi connectivity index (χ2v) is 10.8. The SMILES string of the molecule is CCCN1CC=C[C@]2(C)O[C@]34C=CCN(c5ccc6ccccc6c5)C(=O)C3N(CCO)C(=O)[C@@H]4[C@@H]2C1=O. The number of nitrogens with zero attached hydrogens (tertiary/aromatic N) is 3. The molecule has 4 aliphatic rings. The minimum Gasteiger partial charge on any atom is -0.395 e. The van der Waals surface area contributed by atoms with Gasteiger partial charge >= 0.3 is 0 Å². The van der Waals surface area contributed by atoms with Gasteiger partial charge in [0.15, 0.2) is 0 Å². The van der Waals surface area contributed by atoms with E-state index in [2.05, 4.69) is 0 Å². The Morgan fingerprint density at radius 3 is 2.45 bits per heavy atom. The smallest absolute Gasteiger partial charge is 0.253 e. The summed E-state index contributed by atoms with van der Waals surface area (Å²) in [6, 6.07) is 12.8. The Bertz CT molecular complexity index is 1370. The van der Waals surface area contributed by atoms with Crippen LogP contribution in [-0.4, -0.2) is 82.7 Å². The quantitative estimate of drug-likeness (QED) is 0.618. The van der Waals surface area contributed by atoms with Crippen LogP contribution in [-0.2, 0) is 19.1 Å². The summed E-state index contributed by atoms with van der Waals surface area (Å²) in [7, 11) is 0. The van der Waals surface area contributed by atoms with Crippen molar-refractivity contribution < 1.29 is 24.2 Å². The maximum Gasteiger partial charge on any atom is 0.253 e. The molecule has 4 aliphatic heterocycles. The zero-order chi connectivity index (χ0) is 26.7. The highest BCUT2D eigenvalue weighted by Gasteiger charge is 2.74. The van der Waals surface area contributed by atoms with Crippen molar-refractivity contribution in [2.75, 3.05) is 37.7 Å². The highest BCUT2D eigenvalue weighted by Crippen LogP contribution is 2.57. The first kappa shape index (κ1) is 24.8. The maximum atomic E-state index is 14.4. The number of amides is 3. The minimum absolute atomic E-state index is 0.0115. The lowest BCUT2D eigenvalue weighted by Crippen LogP contribution is -2.56. The van der Waals surface area contributed by atoms with Gasteiger partial charge in [-0.15, -0.1) is 0 Å². The largest absolute Gasteiger partial charge is 0.395 e. The fourth-order valence-electron chi connectivity index (χ4n) is 6.97. The third kappa shape index (κ3) is 3.47. The molecule has 0 aliphatic carbocycles.